The van der Waals surface area contributed by atoms with E-state index < -0.39 is 0 Å². The highest BCUT2D eigenvalue weighted by Gasteiger charge is 2.02. The average Bonchev–Trinajstić information content (AvgIpc) is 2.67. The molecule has 0 atom stereocenters. The topological polar surface area (TPSA) is 61.4 Å². The Morgan fingerprint density at radius 3 is 2.24 bits per heavy atom. The van der Waals surface area contributed by atoms with Gasteiger partial charge in [-0.3, -0.25) is 0 Å². The zero-order valence-corrected chi connectivity index (χ0v) is 14.0. The molecular weight excluding hydrogens is 312 g/mol. The third-order valence-corrected chi connectivity index (χ3v) is 4.17. The smallest absolute Gasteiger partial charge is 0.315 e. The second-order valence-electron chi connectivity index (χ2n) is 6.02. The van der Waals surface area contributed by atoms with E-state index in [4.69, 9.17) is 5.11 Å². The van der Waals surface area contributed by atoms with Crippen LogP contribution in [0.2, 0.25) is 0 Å². The number of amides is 2. The van der Waals surface area contributed by atoms with Crippen LogP contribution in [0.25, 0.3) is 10.8 Å². The minimum Gasteiger partial charge on any atom is -0.392 e. The van der Waals surface area contributed by atoms with E-state index in [1.54, 1.807) is 0 Å². The Kier molecular flexibility index (Phi) is 5.65. The largest absolute Gasteiger partial charge is 0.392 e. The molecule has 0 saturated carbocycles. The molecule has 3 aromatic carbocycles. The predicted octanol–water partition coefficient (Wildman–Crippen LogP) is 3.37. The van der Waals surface area contributed by atoms with E-state index >= 15 is 0 Å². The standard InChI is InChI=1S/C21H22N2O2/c24-15-17-7-5-16(6-8-17)11-12-22-21(25)23-14-18-9-10-19-3-1-2-4-20(19)13-18/h1-10,13,24H,11-12,14-15H2,(H2,22,23,25). The molecular formula is C21H22N2O2. The number of carbonyl (C=O) groups is 1. The van der Waals surface area contributed by atoms with Crippen LogP contribution in [0.4, 0.5) is 4.79 Å². The van der Waals surface area contributed by atoms with Gasteiger partial charge in [0.05, 0.1) is 6.61 Å². The van der Waals surface area contributed by atoms with Crippen molar-refractivity contribution in [2.45, 2.75) is 19.6 Å². The first-order chi connectivity index (χ1) is 12.2. The summed E-state index contributed by atoms with van der Waals surface area (Å²) in [4.78, 5) is 11.9. The highest BCUT2D eigenvalue weighted by atomic mass is 16.3. The monoisotopic (exact) mass is 334 g/mol. The van der Waals surface area contributed by atoms with Crippen LogP contribution < -0.4 is 10.6 Å². The van der Waals surface area contributed by atoms with E-state index in [2.05, 4.69) is 34.9 Å². The lowest BCUT2D eigenvalue weighted by atomic mass is 10.1. The Morgan fingerprint density at radius 2 is 1.48 bits per heavy atom. The van der Waals surface area contributed by atoms with Gasteiger partial charge in [0.2, 0.25) is 0 Å². The van der Waals surface area contributed by atoms with Gasteiger partial charge in [0.15, 0.2) is 0 Å². The molecule has 4 nitrogen and oxygen atoms in total. The van der Waals surface area contributed by atoms with Gasteiger partial charge in [-0.25, -0.2) is 4.79 Å². The molecule has 0 spiro atoms. The minimum absolute atomic E-state index is 0.0513. The van der Waals surface area contributed by atoms with E-state index in [0.717, 1.165) is 23.1 Å². The van der Waals surface area contributed by atoms with E-state index in [1.807, 2.05) is 42.5 Å². The quantitative estimate of drug-likeness (QED) is 0.647. The molecule has 0 aliphatic carbocycles. The fourth-order valence-corrected chi connectivity index (χ4v) is 2.73. The van der Waals surface area contributed by atoms with Crippen molar-refractivity contribution in [1.82, 2.24) is 10.6 Å². The predicted molar refractivity (Wildman–Crippen MR) is 100 cm³/mol. The lowest BCUT2D eigenvalue weighted by Gasteiger charge is -2.09. The molecule has 0 bridgehead atoms. The summed E-state index contributed by atoms with van der Waals surface area (Å²) in [6, 6.07) is 22.0. The molecule has 3 rings (SSSR count). The van der Waals surface area contributed by atoms with Crippen LogP contribution in [0.5, 0.6) is 0 Å². The molecule has 0 aromatic heterocycles. The molecule has 128 valence electrons. The summed E-state index contributed by atoms with van der Waals surface area (Å²) in [5, 5.41) is 17.1. The maximum atomic E-state index is 11.9. The van der Waals surface area contributed by atoms with E-state index in [9.17, 15) is 4.79 Å². The Morgan fingerprint density at radius 1 is 0.800 bits per heavy atom. The molecule has 0 unspecified atom stereocenters. The van der Waals surface area contributed by atoms with Crippen molar-refractivity contribution in [2.75, 3.05) is 6.54 Å². The summed E-state index contributed by atoms with van der Waals surface area (Å²) in [7, 11) is 0. The first kappa shape index (κ1) is 17.0. The number of fused-ring (bicyclic) bond motifs is 1. The number of rotatable bonds is 6. The summed E-state index contributed by atoms with van der Waals surface area (Å²) < 4.78 is 0. The molecule has 0 fully saturated rings. The van der Waals surface area contributed by atoms with Crippen molar-refractivity contribution in [3.05, 3.63) is 83.4 Å². The van der Waals surface area contributed by atoms with Crippen LogP contribution in [0.15, 0.2) is 66.7 Å². The number of nitrogens with one attached hydrogen (secondary N) is 2. The van der Waals surface area contributed by atoms with Crippen LogP contribution in [0.3, 0.4) is 0 Å². The molecule has 4 heteroatoms. The maximum Gasteiger partial charge on any atom is 0.315 e. The number of hydrogen-bond acceptors (Lipinski definition) is 2. The van der Waals surface area contributed by atoms with E-state index in [1.165, 1.54) is 10.8 Å². The normalized spacial score (nSPS) is 10.6. The highest BCUT2D eigenvalue weighted by Crippen LogP contribution is 2.15. The second-order valence-corrected chi connectivity index (χ2v) is 6.02. The molecule has 3 N–H and O–H groups in total. The Balaban J connectivity index is 1.43. The molecule has 3 aromatic rings. The fraction of sp³-hybridized carbons (Fsp3) is 0.190. The van der Waals surface area contributed by atoms with E-state index in [0.29, 0.717) is 13.1 Å². The van der Waals surface area contributed by atoms with Crippen molar-refractivity contribution in [1.29, 1.82) is 0 Å². The van der Waals surface area contributed by atoms with Gasteiger partial charge in [-0.15, -0.1) is 0 Å². The number of benzene rings is 3. The van der Waals surface area contributed by atoms with Crippen LogP contribution in [0.1, 0.15) is 16.7 Å². The summed E-state index contributed by atoms with van der Waals surface area (Å²) in [5.41, 5.74) is 3.10. The number of hydrogen-bond donors (Lipinski definition) is 3. The summed E-state index contributed by atoms with van der Waals surface area (Å²) >= 11 is 0. The van der Waals surface area contributed by atoms with Gasteiger partial charge in [-0.2, -0.15) is 0 Å². The molecule has 2 amide bonds. The molecule has 0 saturated heterocycles. The summed E-state index contributed by atoms with van der Waals surface area (Å²) in [6.45, 7) is 1.12. The van der Waals surface area contributed by atoms with Crippen molar-refractivity contribution in [3.63, 3.8) is 0 Å². The lowest BCUT2D eigenvalue weighted by molar-refractivity contribution is 0.240. The average molecular weight is 334 g/mol. The summed E-state index contributed by atoms with van der Waals surface area (Å²) in [6.07, 6.45) is 0.759. The zero-order chi connectivity index (χ0) is 17.5. The third-order valence-electron chi connectivity index (χ3n) is 4.17. The zero-order valence-electron chi connectivity index (χ0n) is 14.0. The van der Waals surface area contributed by atoms with E-state index in [-0.39, 0.29) is 12.6 Å². The number of urea groups is 1. The molecule has 25 heavy (non-hydrogen) atoms. The number of aliphatic hydroxyl groups is 1. The van der Waals surface area contributed by atoms with Gasteiger partial charge in [-0.1, -0.05) is 60.7 Å². The number of aliphatic hydroxyl groups excluding tert-OH is 1. The van der Waals surface area contributed by atoms with Crippen LogP contribution in [-0.4, -0.2) is 17.7 Å². The van der Waals surface area contributed by atoms with Crippen LogP contribution >= 0.6 is 0 Å². The molecule has 0 aliphatic heterocycles. The Hall–Kier alpha value is -2.85. The number of carbonyl (C=O) groups excluding carboxylic acids is 1. The molecule has 0 aliphatic rings. The second kappa shape index (κ2) is 8.31. The van der Waals surface area contributed by atoms with Crippen molar-refractivity contribution in [2.24, 2.45) is 0 Å². The minimum atomic E-state index is -0.167. The van der Waals surface area contributed by atoms with Gasteiger partial charge < -0.3 is 15.7 Å². The van der Waals surface area contributed by atoms with Gasteiger partial charge in [0, 0.05) is 13.1 Å². The van der Waals surface area contributed by atoms with Crippen LogP contribution in [-0.2, 0) is 19.6 Å². The maximum absolute atomic E-state index is 11.9. The first-order valence-corrected chi connectivity index (χ1v) is 8.42. The van der Waals surface area contributed by atoms with Crippen molar-refractivity contribution < 1.29 is 9.90 Å². The summed E-state index contributed by atoms with van der Waals surface area (Å²) in [5.74, 6) is 0. The Labute approximate surface area is 147 Å². The van der Waals surface area contributed by atoms with Crippen molar-refractivity contribution in [3.8, 4) is 0 Å². The fourth-order valence-electron chi connectivity index (χ4n) is 2.73. The lowest BCUT2D eigenvalue weighted by Crippen LogP contribution is -2.36. The first-order valence-electron chi connectivity index (χ1n) is 8.42. The SMILES string of the molecule is O=C(NCCc1ccc(CO)cc1)NCc1ccc2ccccc2c1. The van der Waals surface area contributed by atoms with Gasteiger partial charge in [0.1, 0.15) is 0 Å². The van der Waals surface area contributed by atoms with Crippen LogP contribution in [0, 0.1) is 0 Å². The van der Waals surface area contributed by atoms with Gasteiger partial charge in [0.25, 0.3) is 0 Å². The van der Waals surface area contributed by atoms with Gasteiger partial charge in [-0.05, 0) is 39.9 Å². The highest BCUT2D eigenvalue weighted by molar-refractivity contribution is 5.83. The molecule has 0 heterocycles. The Bertz CT molecular complexity index is 844. The van der Waals surface area contributed by atoms with Gasteiger partial charge >= 0.3 is 6.03 Å². The molecule has 0 radical (unpaired) electrons. The third kappa shape index (κ3) is 4.81. The van der Waals surface area contributed by atoms with Crippen molar-refractivity contribution >= 4 is 16.8 Å².